The molecule has 0 radical (unpaired) electrons. The highest BCUT2D eigenvalue weighted by Crippen LogP contribution is 2.18. The van der Waals surface area contributed by atoms with Crippen molar-refractivity contribution in [3.8, 4) is 0 Å². The van der Waals surface area contributed by atoms with Crippen molar-refractivity contribution >= 4 is 18.3 Å². The van der Waals surface area contributed by atoms with E-state index in [1.807, 2.05) is 11.6 Å². The molecule has 0 bridgehead atoms. The van der Waals surface area contributed by atoms with Crippen molar-refractivity contribution in [2.75, 3.05) is 13.1 Å². The highest BCUT2D eigenvalue weighted by molar-refractivity contribution is 5.95. The van der Waals surface area contributed by atoms with Crippen molar-refractivity contribution in [1.29, 1.82) is 0 Å². The van der Waals surface area contributed by atoms with E-state index in [-0.39, 0.29) is 29.9 Å². The first-order valence-electron chi connectivity index (χ1n) is 6.84. The number of nitrogens with one attached hydrogen (secondary N) is 2. The van der Waals surface area contributed by atoms with E-state index >= 15 is 0 Å². The lowest BCUT2D eigenvalue weighted by Gasteiger charge is -2.21. The third-order valence-electron chi connectivity index (χ3n) is 3.01. The summed E-state index contributed by atoms with van der Waals surface area (Å²) in [6.45, 7) is 13.8. The van der Waals surface area contributed by atoms with Gasteiger partial charge in [-0.05, 0) is 41.2 Å². The normalized spacial score (nSPS) is 12.7. The van der Waals surface area contributed by atoms with Gasteiger partial charge >= 0.3 is 0 Å². The van der Waals surface area contributed by atoms with Crippen LogP contribution in [-0.2, 0) is 5.54 Å². The number of carbonyl (C=O) groups is 1. The minimum Gasteiger partial charge on any atom is -0.350 e. The number of likely N-dealkylation sites (N-methyl/N-ethyl adjacent to an activating group) is 1. The van der Waals surface area contributed by atoms with Crippen molar-refractivity contribution < 1.29 is 4.79 Å². The second-order valence-corrected chi connectivity index (χ2v) is 5.90. The Morgan fingerprint density at radius 2 is 2.05 bits per heavy atom. The minimum absolute atomic E-state index is 0. The molecule has 0 saturated heterocycles. The minimum atomic E-state index is -0.111. The first-order chi connectivity index (χ1) is 8.77. The molecule has 1 heterocycles. The molecule has 5 nitrogen and oxygen atoms in total. The number of amides is 1. The quantitative estimate of drug-likeness (QED) is 0.875. The van der Waals surface area contributed by atoms with Gasteiger partial charge in [-0.3, -0.25) is 9.48 Å². The third-order valence-corrected chi connectivity index (χ3v) is 3.01. The van der Waals surface area contributed by atoms with Crippen LogP contribution in [0.25, 0.3) is 0 Å². The molecule has 0 unspecified atom stereocenters. The molecule has 116 valence electrons. The molecule has 0 saturated carbocycles. The first kappa shape index (κ1) is 18.9. The molecular weight excluding hydrogens is 276 g/mol. The summed E-state index contributed by atoms with van der Waals surface area (Å²) in [5, 5.41) is 10.5. The van der Waals surface area contributed by atoms with E-state index in [4.69, 9.17) is 0 Å². The molecule has 0 spiro atoms. The van der Waals surface area contributed by atoms with E-state index in [2.05, 4.69) is 50.4 Å². The molecular formula is C14H27ClN4O. The molecule has 0 aromatic carbocycles. The molecule has 1 atom stereocenters. The molecule has 0 fully saturated rings. The summed E-state index contributed by atoms with van der Waals surface area (Å²) in [5.41, 5.74) is 1.44. The standard InChI is InChI=1S/C14H26N4O.ClH/c1-7-15-10(2)8-16-13(19)12-9-17-18(11(12)3)14(4,5)6;/h9-10,15H,7-8H2,1-6H3,(H,16,19);1H/t10-;/m1./s1. The molecule has 0 aliphatic heterocycles. The average molecular weight is 303 g/mol. The zero-order valence-corrected chi connectivity index (χ0v) is 14.1. The number of nitrogens with zero attached hydrogens (tertiary/aromatic N) is 2. The molecule has 1 rings (SSSR count). The molecule has 0 aliphatic rings. The number of halogens is 1. The largest absolute Gasteiger partial charge is 0.350 e. The predicted octanol–water partition coefficient (Wildman–Crippen LogP) is 2.10. The second kappa shape index (κ2) is 7.64. The Labute approximate surface area is 127 Å². The molecule has 1 amide bonds. The molecule has 1 aromatic heterocycles. The Balaban J connectivity index is 0.00000361. The fourth-order valence-corrected chi connectivity index (χ4v) is 2.07. The van der Waals surface area contributed by atoms with Crippen molar-refractivity contribution in [1.82, 2.24) is 20.4 Å². The number of rotatable bonds is 5. The smallest absolute Gasteiger partial charge is 0.254 e. The molecule has 1 aromatic rings. The second-order valence-electron chi connectivity index (χ2n) is 5.90. The van der Waals surface area contributed by atoms with Crippen LogP contribution in [-0.4, -0.2) is 34.8 Å². The summed E-state index contributed by atoms with van der Waals surface area (Å²) in [5.74, 6) is -0.0576. The Hall–Kier alpha value is -1.07. The average Bonchev–Trinajstić information content (AvgIpc) is 2.68. The summed E-state index contributed by atoms with van der Waals surface area (Å²) >= 11 is 0. The van der Waals surface area contributed by atoms with Gasteiger partial charge in [-0.1, -0.05) is 6.92 Å². The number of aromatic nitrogens is 2. The van der Waals surface area contributed by atoms with Crippen LogP contribution in [0.1, 0.15) is 50.7 Å². The molecule has 0 aliphatic carbocycles. The van der Waals surface area contributed by atoms with Crippen molar-refractivity contribution in [3.63, 3.8) is 0 Å². The maximum Gasteiger partial charge on any atom is 0.254 e. The topological polar surface area (TPSA) is 58.9 Å². The van der Waals surface area contributed by atoms with Gasteiger partial charge in [0.15, 0.2) is 0 Å². The summed E-state index contributed by atoms with van der Waals surface area (Å²) in [7, 11) is 0. The Bertz CT molecular complexity index is 437. The Morgan fingerprint density at radius 3 is 2.50 bits per heavy atom. The van der Waals surface area contributed by atoms with Gasteiger partial charge in [-0.25, -0.2) is 0 Å². The van der Waals surface area contributed by atoms with Crippen LogP contribution in [0.4, 0.5) is 0 Å². The van der Waals surface area contributed by atoms with Gasteiger partial charge in [0.2, 0.25) is 0 Å². The Morgan fingerprint density at radius 1 is 1.45 bits per heavy atom. The summed E-state index contributed by atoms with van der Waals surface area (Å²) < 4.78 is 1.88. The van der Waals surface area contributed by atoms with E-state index in [0.717, 1.165) is 12.2 Å². The van der Waals surface area contributed by atoms with Gasteiger partial charge < -0.3 is 10.6 Å². The maximum atomic E-state index is 12.1. The lowest BCUT2D eigenvalue weighted by atomic mass is 10.1. The van der Waals surface area contributed by atoms with Crippen LogP contribution in [0, 0.1) is 6.92 Å². The highest BCUT2D eigenvalue weighted by Gasteiger charge is 2.21. The SMILES string of the molecule is CCN[C@H](C)CNC(=O)c1cnn(C(C)(C)C)c1C.Cl. The fourth-order valence-electron chi connectivity index (χ4n) is 2.07. The maximum absolute atomic E-state index is 12.1. The monoisotopic (exact) mass is 302 g/mol. The van der Waals surface area contributed by atoms with Crippen molar-refractivity contribution in [2.45, 2.75) is 53.1 Å². The number of carbonyl (C=O) groups excluding carboxylic acids is 1. The Kier molecular flexibility index (Phi) is 7.23. The molecule has 2 N–H and O–H groups in total. The lowest BCUT2D eigenvalue weighted by Crippen LogP contribution is -2.39. The number of hydrogen-bond donors (Lipinski definition) is 2. The van der Waals surface area contributed by atoms with E-state index < -0.39 is 0 Å². The molecule has 6 heteroatoms. The molecule has 20 heavy (non-hydrogen) atoms. The van der Waals surface area contributed by atoms with Crippen LogP contribution in [0.5, 0.6) is 0 Å². The van der Waals surface area contributed by atoms with E-state index in [9.17, 15) is 4.79 Å². The lowest BCUT2D eigenvalue weighted by molar-refractivity contribution is 0.0949. The van der Waals surface area contributed by atoms with Gasteiger partial charge in [-0.15, -0.1) is 12.4 Å². The van der Waals surface area contributed by atoms with Gasteiger partial charge in [0.25, 0.3) is 5.91 Å². The van der Waals surface area contributed by atoms with Gasteiger partial charge in [-0.2, -0.15) is 5.10 Å². The predicted molar refractivity (Wildman–Crippen MR) is 84.7 cm³/mol. The van der Waals surface area contributed by atoms with E-state index in [1.54, 1.807) is 6.20 Å². The summed E-state index contributed by atoms with van der Waals surface area (Å²) in [6, 6.07) is 0.270. The highest BCUT2D eigenvalue weighted by atomic mass is 35.5. The van der Waals surface area contributed by atoms with Gasteiger partial charge in [0.05, 0.1) is 17.3 Å². The summed E-state index contributed by atoms with van der Waals surface area (Å²) in [6.07, 6.45) is 1.65. The van der Waals surface area contributed by atoms with Crippen LogP contribution < -0.4 is 10.6 Å². The first-order valence-corrected chi connectivity index (χ1v) is 6.84. The van der Waals surface area contributed by atoms with Crippen LogP contribution in [0.15, 0.2) is 6.20 Å². The van der Waals surface area contributed by atoms with Gasteiger partial charge in [0, 0.05) is 18.3 Å². The van der Waals surface area contributed by atoms with Crippen LogP contribution in [0.3, 0.4) is 0 Å². The fraction of sp³-hybridized carbons (Fsp3) is 0.714. The van der Waals surface area contributed by atoms with Crippen molar-refractivity contribution in [3.05, 3.63) is 17.5 Å². The van der Waals surface area contributed by atoms with Gasteiger partial charge in [0.1, 0.15) is 0 Å². The van der Waals surface area contributed by atoms with Crippen molar-refractivity contribution in [2.24, 2.45) is 0 Å². The van der Waals surface area contributed by atoms with E-state index in [1.165, 1.54) is 0 Å². The van der Waals surface area contributed by atoms with Crippen LogP contribution in [0.2, 0.25) is 0 Å². The zero-order valence-electron chi connectivity index (χ0n) is 13.3. The van der Waals surface area contributed by atoms with Crippen LogP contribution >= 0.6 is 12.4 Å². The third kappa shape index (κ3) is 4.80. The van der Waals surface area contributed by atoms with E-state index in [0.29, 0.717) is 12.1 Å². The number of hydrogen-bond acceptors (Lipinski definition) is 3. The zero-order chi connectivity index (χ0) is 14.6. The summed E-state index contributed by atoms with van der Waals surface area (Å²) in [4.78, 5) is 12.1.